The first-order valence-corrected chi connectivity index (χ1v) is 8.19. The molecule has 11 heavy (non-hydrogen) atoms. The minimum absolute atomic E-state index is 0.946. The summed E-state index contributed by atoms with van der Waals surface area (Å²) in [5.41, 5.74) is 0. The summed E-state index contributed by atoms with van der Waals surface area (Å²) in [6.07, 6.45) is 8.41. The van der Waals surface area contributed by atoms with E-state index < -0.39 is 7.42 Å². The van der Waals surface area contributed by atoms with E-state index in [4.69, 9.17) is 22.2 Å². The summed E-state index contributed by atoms with van der Waals surface area (Å²) < 4.78 is 0. The van der Waals surface area contributed by atoms with E-state index in [0.29, 0.717) is 0 Å². The fraction of sp³-hybridized carbons (Fsp3) is 1.00. The maximum Gasteiger partial charge on any atom is 0.273 e. The van der Waals surface area contributed by atoms with Crippen LogP contribution in [0.3, 0.4) is 0 Å². The zero-order valence-corrected chi connectivity index (χ0v) is 9.29. The van der Waals surface area contributed by atoms with Crippen LogP contribution in [0.4, 0.5) is 0 Å². The fourth-order valence-corrected chi connectivity index (χ4v) is 3.07. The van der Waals surface area contributed by atoms with Gasteiger partial charge in [-0.3, -0.25) is 0 Å². The maximum absolute atomic E-state index is 5.76. The van der Waals surface area contributed by atoms with Gasteiger partial charge in [-0.1, -0.05) is 38.5 Å². The smallest absolute Gasteiger partial charge is 0.147 e. The number of halogens is 2. The summed E-state index contributed by atoms with van der Waals surface area (Å²) in [4.78, 5) is 0. The highest BCUT2D eigenvalue weighted by Crippen LogP contribution is 2.28. The number of rotatable bonds is 3. The van der Waals surface area contributed by atoms with Gasteiger partial charge < -0.3 is 0 Å². The van der Waals surface area contributed by atoms with E-state index in [1.807, 2.05) is 0 Å². The molecule has 0 heterocycles. The molecule has 0 saturated heterocycles. The van der Waals surface area contributed by atoms with Crippen molar-refractivity contribution in [3.63, 3.8) is 0 Å². The van der Waals surface area contributed by atoms with Gasteiger partial charge in [-0.15, -0.1) is 22.2 Å². The minimum atomic E-state index is -0.989. The zero-order chi connectivity index (χ0) is 8.10. The van der Waals surface area contributed by atoms with Gasteiger partial charge in [-0.25, -0.2) is 0 Å². The summed E-state index contributed by atoms with van der Waals surface area (Å²) in [5.74, 6) is 0.946. The van der Waals surface area contributed by atoms with Crippen molar-refractivity contribution in [3.05, 3.63) is 0 Å². The SMILES string of the molecule is Cl[Si](Cl)CCC1CCCCC1. The highest BCUT2D eigenvalue weighted by molar-refractivity contribution is 7.33. The Morgan fingerprint density at radius 1 is 1.09 bits per heavy atom. The second kappa shape index (κ2) is 5.44. The van der Waals surface area contributed by atoms with Crippen molar-refractivity contribution in [3.8, 4) is 0 Å². The van der Waals surface area contributed by atoms with Gasteiger partial charge in [0.2, 0.25) is 0 Å². The summed E-state index contributed by atoms with van der Waals surface area (Å²) in [6.45, 7) is 0. The monoisotopic (exact) mass is 209 g/mol. The average Bonchev–Trinajstić information content (AvgIpc) is 2.03. The Labute approximate surface area is 80.3 Å². The van der Waals surface area contributed by atoms with Crippen molar-refractivity contribution >= 4 is 29.6 Å². The molecular weight excluding hydrogens is 195 g/mol. The van der Waals surface area contributed by atoms with E-state index in [-0.39, 0.29) is 0 Å². The first-order chi connectivity index (χ1) is 5.29. The molecule has 0 nitrogen and oxygen atoms in total. The van der Waals surface area contributed by atoms with Crippen LogP contribution in [0.15, 0.2) is 0 Å². The van der Waals surface area contributed by atoms with Crippen LogP contribution in [0, 0.1) is 5.92 Å². The van der Waals surface area contributed by atoms with Gasteiger partial charge in [-0.2, -0.15) is 0 Å². The van der Waals surface area contributed by atoms with E-state index in [2.05, 4.69) is 0 Å². The second-order valence-corrected chi connectivity index (χ2v) is 7.88. The summed E-state index contributed by atoms with van der Waals surface area (Å²) in [5, 5.41) is 0. The quantitative estimate of drug-likeness (QED) is 0.489. The Balaban J connectivity index is 2.05. The summed E-state index contributed by atoms with van der Waals surface area (Å²) in [7, 11) is -0.989. The lowest BCUT2D eigenvalue weighted by atomic mass is 9.88. The van der Waals surface area contributed by atoms with E-state index in [9.17, 15) is 0 Å². The molecule has 0 spiro atoms. The molecule has 65 valence electrons. The molecule has 1 fully saturated rings. The predicted molar refractivity (Wildman–Crippen MR) is 53.5 cm³/mol. The lowest BCUT2D eigenvalue weighted by Gasteiger charge is -2.20. The zero-order valence-electron chi connectivity index (χ0n) is 6.78. The molecule has 0 unspecified atom stereocenters. The first kappa shape index (κ1) is 9.88. The van der Waals surface area contributed by atoms with Crippen LogP contribution >= 0.6 is 22.2 Å². The van der Waals surface area contributed by atoms with Crippen molar-refractivity contribution in [1.82, 2.24) is 0 Å². The molecule has 1 saturated carbocycles. The molecule has 1 aliphatic carbocycles. The largest absolute Gasteiger partial charge is 0.273 e. The number of hydrogen-bond acceptors (Lipinski definition) is 0. The maximum atomic E-state index is 5.76. The Hall–Kier alpha value is 0.797. The molecule has 0 atom stereocenters. The normalized spacial score (nSPS) is 21.0. The third-order valence-electron chi connectivity index (χ3n) is 2.47. The number of hydrogen-bond donors (Lipinski definition) is 0. The van der Waals surface area contributed by atoms with E-state index in [1.165, 1.54) is 38.5 Å². The van der Waals surface area contributed by atoms with Gasteiger partial charge in [0.25, 0.3) is 7.42 Å². The molecule has 0 aromatic rings. The molecule has 0 amide bonds. The van der Waals surface area contributed by atoms with Gasteiger partial charge in [0, 0.05) is 0 Å². The second-order valence-electron chi connectivity index (χ2n) is 3.38. The Morgan fingerprint density at radius 3 is 2.27 bits per heavy atom. The van der Waals surface area contributed by atoms with E-state index in [0.717, 1.165) is 12.0 Å². The van der Waals surface area contributed by atoms with Crippen LogP contribution < -0.4 is 0 Å². The van der Waals surface area contributed by atoms with Crippen LogP contribution in [0.1, 0.15) is 38.5 Å². The van der Waals surface area contributed by atoms with Crippen LogP contribution in [-0.4, -0.2) is 7.42 Å². The summed E-state index contributed by atoms with van der Waals surface area (Å²) in [6, 6.07) is 1.08. The average molecular weight is 210 g/mol. The molecule has 0 aromatic carbocycles. The van der Waals surface area contributed by atoms with Gasteiger partial charge in [0.1, 0.15) is 0 Å². The highest BCUT2D eigenvalue weighted by Gasteiger charge is 2.14. The van der Waals surface area contributed by atoms with Crippen LogP contribution in [0.2, 0.25) is 6.04 Å². The van der Waals surface area contributed by atoms with Gasteiger partial charge in [-0.05, 0) is 12.0 Å². The Bertz CT molecular complexity index is 100. The molecule has 0 bridgehead atoms. The van der Waals surface area contributed by atoms with Crippen LogP contribution in [-0.2, 0) is 0 Å². The molecular formula is C8H15Cl2Si. The van der Waals surface area contributed by atoms with Gasteiger partial charge in [0.05, 0.1) is 0 Å². The summed E-state index contributed by atoms with van der Waals surface area (Å²) >= 11 is 11.5. The molecule has 1 aliphatic rings. The Morgan fingerprint density at radius 2 is 1.73 bits per heavy atom. The molecule has 1 radical (unpaired) electrons. The highest BCUT2D eigenvalue weighted by atomic mass is 35.7. The third-order valence-corrected chi connectivity index (χ3v) is 4.27. The third kappa shape index (κ3) is 4.39. The van der Waals surface area contributed by atoms with Crippen LogP contribution in [0.25, 0.3) is 0 Å². The standard InChI is InChI=1S/C8H15Cl2Si/c9-11(10)7-6-8-4-2-1-3-5-8/h8H,1-7H2. The molecule has 0 aliphatic heterocycles. The van der Waals surface area contributed by atoms with Crippen molar-refractivity contribution < 1.29 is 0 Å². The topological polar surface area (TPSA) is 0 Å². The first-order valence-electron chi connectivity index (χ1n) is 4.46. The molecule has 0 N–H and O–H groups in total. The lowest BCUT2D eigenvalue weighted by Crippen LogP contribution is -2.07. The van der Waals surface area contributed by atoms with E-state index in [1.54, 1.807) is 0 Å². The van der Waals surface area contributed by atoms with Crippen molar-refractivity contribution in [2.24, 2.45) is 5.92 Å². The Kier molecular flexibility index (Phi) is 4.89. The van der Waals surface area contributed by atoms with Crippen molar-refractivity contribution in [2.75, 3.05) is 0 Å². The van der Waals surface area contributed by atoms with Gasteiger partial charge >= 0.3 is 0 Å². The lowest BCUT2D eigenvalue weighted by molar-refractivity contribution is 0.349. The van der Waals surface area contributed by atoms with Gasteiger partial charge in [0.15, 0.2) is 0 Å². The predicted octanol–water partition coefficient (Wildman–Crippen LogP) is 3.92. The van der Waals surface area contributed by atoms with E-state index >= 15 is 0 Å². The van der Waals surface area contributed by atoms with Crippen molar-refractivity contribution in [1.29, 1.82) is 0 Å². The minimum Gasteiger partial charge on any atom is -0.147 e. The molecule has 3 heteroatoms. The van der Waals surface area contributed by atoms with Crippen molar-refractivity contribution in [2.45, 2.75) is 44.6 Å². The molecule has 0 aromatic heterocycles. The molecule has 1 rings (SSSR count). The fourth-order valence-electron chi connectivity index (χ4n) is 1.79. The van der Waals surface area contributed by atoms with Crippen LogP contribution in [0.5, 0.6) is 0 Å².